The number of ether oxygens (including phenoxy) is 1. The molecule has 1 aliphatic heterocycles. The number of aromatic nitrogens is 2. The second kappa shape index (κ2) is 10.2. The lowest BCUT2D eigenvalue weighted by Gasteiger charge is -2.34. The molecule has 0 radical (unpaired) electrons. The molecule has 36 heavy (non-hydrogen) atoms. The molecule has 7 nitrogen and oxygen atoms in total. The van der Waals surface area contributed by atoms with E-state index >= 15 is 0 Å². The average molecular weight is 535 g/mol. The maximum Gasteiger partial charge on any atom is 0.414 e. The van der Waals surface area contributed by atoms with E-state index in [9.17, 15) is 13.6 Å². The summed E-state index contributed by atoms with van der Waals surface area (Å²) in [6, 6.07) is 9.16. The molecule has 190 valence electrons. The number of rotatable bonds is 6. The summed E-state index contributed by atoms with van der Waals surface area (Å²) in [5.41, 5.74) is 0.579. The zero-order chi connectivity index (χ0) is 25.4. The number of fused-ring (bicyclic) bond motifs is 1. The Kier molecular flexibility index (Phi) is 7.00. The minimum absolute atomic E-state index is 0.0183. The van der Waals surface area contributed by atoms with Crippen molar-refractivity contribution in [1.82, 2.24) is 19.9 Å². The van der Waals surface area contributed by atoms with Gasteiger partial charge in [-0.2, -0.15) is 0 Å². The highest BCUT2D eigenvalue weighted by atomic mass is 35.5. The third kappa shape index (κ3) is 5.25. The van der Waals surface area contributed by atoms with E-state index in [1.807, 2.05) is 6.07 Å². The van der Waals surface area contributed by atoms with Crippen LogP contribution in [0, 0.1) is 11.6 Å². The fraction of sp³-hybridized carbons (Fsp3) is 0.360. The van der Waals surface area contributed by atoms with Gasteiger partial charge in [0.1, 0.15) is 17.3 Å². The molecule has 0 bridgehead atoms. The molecule has 1 fully saturated rings. The Labute approximate surface area is 215 Å². The zero-order valence-corrected chi connectivity index (χ0v) is 21.3. The summed E-state index contributed by atoms with van der Waals surface area (Å²) in [6.45, 7) is 6.12. The SMILES string of the molecule is CC(C)N1CCC(NC(=O)Oc2cc3cc(F)cc(F)c3n2Cc2cc(-c3ccc(Cl)s3)on2)CC1. The Morgan fingerprint density at radius 3 is 2.72 bits per heavy atom. The number of benzene rings is 1. The van der Waals surface area contributed by atoms with Crippen LogP contribution >= 0.6 is 22.9 Å². The van der Waals surface area contributed by atoms with Gasteiger partial charge in [-0.05, 0) is 44.9 Å². The first-order valence-electron chi connectivity index (χ1n) is 11.7. The van der Waals surface area contributed by atoms with Gasteiger partial charge in [0, 0.05) is 48.8 Å². The molecule has 0 spiro atoms. The standard InChI is InChI=1S/C25H25ClF2N4O3S/c1-14(2)31-7-5-17(6-8-31)29-25(33)34-23-10-15-9-16(27)11-19(28)24(15)32(23)13-18-12-20(35-30-18)21-3-4-22(26)36-21/h3-4,9-12,14,17H,5-8,13H2,1-2H3,(H,29,33). The molecular formula is C25H25ClF2N4O3S. The van der Waals surface area contributed by atoms with Gasteiger partial charge in [0.15, 0.2) is 5.76 Å². The minimum Gasteiger partial charge on any atom is -0.393 e. The summed E-state index contributed by atoms with van der Waals surface area (Å²) in [4.78, 5) is 15.9. The van der Waals surface area contributed by atoms with Crippen molar-refractivity contribution in [2.24, 2.45) is 0 Å². The number of hydrogen-bond acceptors (Lipinski definition) is 6. The van der Waals surface area contributed by atoms with Crippen LogP contribution < -0.4 is 10.1 Å². The number of piperidine rings is 1. The van der Waals surface area contributed by atoms with Gasteiger partial charge in [-0.3, -0.25) is 0 Å². The zero-order valence-electron chi connectivity index (χ0n) is 19.8. The molecule has 0 saturated carbocycles. The second-order valence-corrected chi connectivity index (χ2v) is 10.8. The second-order valence-electron chi connectivity index (χ2n) is 9.12. The van der Waals surface area contributed by atoms with Gasteiger partial charge < -0.3 is 24.0 Å². The summed E-state index contributed by atoms with van der Waals surface area (Å²) in [5, 5.41) is 7.25. The van der Waals surface area contributed by atoms with Crippen LogP contribution in [0.2, 0.25) is 4.34 Å². The van der Waals surface area contributed by atoms with E-state index in [0.717, 1.165) is 36.9 Å². The number of amides is 1. The predicted molar refractivity (Wildman–Crippen MR) is 135 cm³/mol. The van der Waals surface area contributed by atoms with Crippen LogP contribution in [0.15, 0.2) is 40.9 Å². The summed E-state index contributed by atoms with van der Waals surface area (Å²) < 4.78 is 41.8. The van der Waals surface area contributed by atoms with Crippen LogP contribution in [0.1, 0.15) is 32.4 Å². The molecule has 0 aliphatic carbocycles. The molecule has 0 atom stereocenters. The van der Waals surface area contributed by atoms with Crippen molar-refractivity contribution in [3.63, 3.8) is 0 Å². The molecular weight excluding hydrogens is 510 g/mol. The number of carbonyl (C=O) groups is 1. The number of thiophene rings is 1. The highest BCUT2D eigenvalue weighted by Gasteiger charge is 2.24. The molecule has 1 amide bonds. The first-order chi connectivity index (χ1) is 17.3. The largest absolute Gasteiger partial charge is 0.414 e. The maximum absolute atomic E-state index is 14.8. The van der Waals surface area contributed by atoms with Crippen LogP contribution in [-0.4, -0.2) is 45.9 Å². The van der Waals surface area contributed by atoms with E-state index in [4.69, 9.17) is 20.9 Å². The summed E-state index contributed by atoms with van der Waals surface area (Å²) >= 11 is 7.35. The number of halogens is 3. The molecule has 1 aromatic carbocycles. The van der Waals surface area contributed by atoms with Crippen LogP contribution in [0.4, 0.5) is 13.6 Å². The van der Waals surface area contributed by atoms with Crippen LogP contribution in [0.3, 0.4) is 0 Å². The first kappa shape index (κ1) is 24.7. The average Bonchev–Trinajstić information content (AvgIpc) is 3.54. The summed E-state index contributed by atoms with van der Waals surface area (Å²) in [7, 11) is 0. The topological polar surface area (TPSA) is 72.5 Å². The third-order valence-electron chi connectivity index (χ3n) is 6.35. The number of hydrogen-bond donors (Lipinski definition) is 1. The van der Waals surface area contributed by atoms with Gasteiger partial charge in [0.05, 0.1) is 21.3 Å². The minimum atomic E-state index is -0.768. The van der Waals surface area contributed by atoms with Crippen molar-refractivity contribution in [3.05, 3.63) is 58.1 Å². The van der Waals surface area contributed by atoms with Gasteiger partial charge in [-0.1, -0.05) is 16.8 Å². The van der Waals surface area contributed by atoms with E-state index in [0.29, 0.717) is 21.8 Å². The highest BCUT2D eigenvalue weighted by molar-refractivity contribution is 7.19. The number of carbonyl (C=O) groups excluding carboxylic acids is 1. The monoisotopic (exact) mass is 534 g/mol. The third-order valence-corrected chi connectivity index (χ3v) is 7.59. The smallest absolute Gasteiger partial charge is 0.393 e. The molecule has 1 aliphatic rings. The lowest BCUT2D eigenvalue weighted by molar-refractivity contribution is 0.151. The Hall–Kier alpha value is -2.95. The normalized spacial score (nSPS) is 15.2. The first-order valence-corrected chi connectivity index (χ1v) is 12.9. The van der Waals surface area contributed by atoms with Crippen molar-refractivity contribution < 1.29 is 22.8 Å². The van der Waals surface area contributed by atoms with Crippen LogP contribution in [0.5, 0.6) is 5.88 Å². The Bertz CT molecular complexity index is 1390. The lowest BCUT2D eigenvalue weighted by Crippen LogP contribution is -2.47. The fourth-order valence-corrected chi connectivity index (χ4v) is 5.50. The lowest BCUT2D eigenvalue weighted by atomic mass is 10.0. The number of likely N-dealkylation sites (tertiary alicyclic amines) is 1. The van der Waals surface area contributed by atoms with Crippen LogP contribution in [0.25, 0.3) is 21.5 Å². The van der Waals surface area contributed by atoms with E-state index in [1.54, 1.807) is 12.1 Å². The quantitative estimate of drug-likeness (QED) is 0.314. The van der Waals surface area contributed by atoms with Gasteiger partial charge in [-0.15, -0.1) is 11.3 Å². The van der Waals surface area contributed by atoms with Gasteiger partial charge in [0.25, 0.3) is 0 Å². The molecule has 1 N–H and O–H groups in total. The molecule has 3 aromatic heterocycles. The fourth-order valence-electron chi connectivity index (χ4n) is 4.51. The number of nitrogens with zero attached hydrogens (tertiary/aromatic N) is 3. The van der Waals surface area contributed by atoms with Crippen LogP contribution in [-0.2, 0) is 6.54 Å². The van der Waals surface area contributed by atoms with E-state index in [-0.39, 0.29) is 29.4 Å². The van der Waals surface area contributed by atoms with Crippen molar-refractivity contribution in [1.29, 1.82) is 0 Å². The Morgan fingerprint density at radius 1 is 1.25 bits per heavy atom. The molecule has 11 heteroatoms. The molecule has 0 unspecified atom stereocenters. The van der Waals surface area contributed by atoms with E-state index in [1.165, 1.54) is 28.0 Å². The van der Waals surface area contributed by atoms with Gasteiger partial charge in [0.2, 0.25) is 5.88 Å². The highest BCUT2D eigenvalue weighted by Crippen LogP contribution is 2.33. The van der Waals surface area contributed by atoms with Gasteiger partial charge in [-0.25, -0.2) is 13.6 Å². The molecule has 4 heterocycles. The van der Waals surface area contributed by atoms with Crippen molar-refractivity contribution in [2.75, 3.05) is 13.1 Å². The summed E-state index contributed by atoms with van der Waals surface area (Å²) in [5.74, 6) is -0.897. The van der Waals surface area contributed by atoms with E-state index in [2.05, 4.69) is 29.2 Å². The Balaban J connectivity index is 1.37. The predicted octanol–water partition coefficient (Wildman–Crippen LogP) is 6.30. The van der Waals surface area contributed by atoms with E-state index < -0.39 is 17.7 Å². The summed E-state index contributed by atoms with van der Waals surface area (Å²) in [6.07, 6.45) is 0.978. The van der Waals surface area contributed by atoms with Crippen molar-refractivity contribution in [3.8, 4) is 16.5 Å². The maximum atomic E-state index is 14.8. The Morgan fingerprint density at radius 2 is 2.03 bits per heavy atom. The molecule has 5 rings (SSSR count). The number of nitrogens with one attached hydrogen (secondary N) is 1. The van der Waals surface area contributed by atoms with Crippen molar-refractivity contribution in [2.45, 2.75) is 45.3 Å². The molecule has 4 aromatic rings. The molecule has 1 saturated heterocycles. The van der Waals surface area contributed by atoms with Gasteiger partial charge >= 0.3 is 6.09 Å². The van der Waals surface area contributed by atoms with Crippen molar-refractivity contribution >= 4 is 39.9 Å².